The Morgan fingerprint density at radius 1 is 1.27 bits per heavy atom. The number of rotatable bonds is 4. The number of epoxide rings is 1. The van der Waals surface area contributed by atoms with Crippen molar-refractivity contribution in [2.45, 2.75) is 70.6 Å². The second-order valence-electron chi connectivity index (χ2n) is 10.0. The second kappa shape index (κ2) is 7.65. The van der Waals surface area contributed by atoms with Crippen LogP contribution in [0.15, 0.2) is 23.0 Å². The second-order valence-corrected chi connectivity index (χ2v) is 10.0. The number of fused-ring (bicyclic) bond motifs is 3. The Balaban J connectivity index is 1.66. The summed E-state index contributed by atoms with van der Waals surface area (Å²) in [6.07, 6.45) is 2.82. The highest BCUT2D eigenvalue weighted by Gasteiger charge is 2.79. The van der Waals surface area contributed by atoms with Crippen LogP contribution in [-0.2, 0) is 33.3 Å². The van der Waals surface area contributed by atoms with Crippen molar-refractivity contribution in [3.63, 3.8) is 0 Å². The van der Waals surface area contributed by atoms with E-state index in [2.05, 4.69) is 0 Å². The van der Waals surface area contributed by atoms with Crippen molar-refractivity contribution < 1.29 is 42.9 Å². The van der Waals surface area contributed by atoms with Gasteiger partial charge in [0.15, 0.2) is 5.78 Å². The lowest BCUT2D eigenvalue weighted by Gasteiger charge is -2.61. The highest BCUT2D eigenvalue weighted by Crippen LogP contribution is 2.71. The summed E-state index contributed by atoms with van der Waals surface area (Å²) >= 11 is 0. The third-order valence-electron chi connectivity index (χ3n) is 8.64. The smallest absolute Gasteiger partial charge is 0.304 e. The average molecular weight is 462 g/mol. The highest BCUT2D eigenvalue weighted by molar-refractivity contribution is 5.88. The van der Waals surface area contributed by atoms with Crippen molar-refractivity contribution in [2.24, 2.45) is 22.7 Å². The van der Waals surface area contributed by atoms with E-state index < -0.39 is 52.8 Å². The lowest BCUT2D eigenvalue weighted by molar-refractivity contribution is -0.255. The number of furan rings is 1. The van der Waals surface area contributed by atoms with Gasteiger partial charge in [-0.3, -0.25) is 14.4 Å². The summed E-state index contributed by atoms with van der Waals surface area (Å²) in [6, 6.07) is 1.79. The van der Waals surface area contributed by atoms with Crippen LogP contribution in [0, 0.1) is 22.7 Å². The van der Waals surface area contributed by atoms with Crippen molar-refractivity contribution in [1.29, 1.82) is 0 Å². The minimum absolute atomic E-state index is 0.141. The summed E-state index contributed by atoms with van der Waals surface area (Å²) in [6.45, 7) is 4.62. The number of esters is 2. The minimum atomic E-state index is -1.36. The molecule has 2 spiro atoms. The number of aliphatic hydroxyl groups is 1. The van der Waals surface area contributed by atoms with Gasteiger partial charge in [0.05, 0.1) is 30.7 Å². The molecule has 0 amide bonds. The summed E-state index contributed by atoms with van der Waals surface area (Å²) in [5, 5.41) is 11.5. The Labute approximate surface area is 191 Å². The number of carbonyl (C=O) groups excluding carboxylic acids is 3. The van der Waals surface area contributed by atoms with Gasteiger partial charge in [0.1, 0.15) is 18.3 Å². The first-order valence-corrected chi connectivity index (χ1v) is 11.5. The molecule has 0 bridgehead atoms. The fourth-order valence-electron chi connectivity index (χ4n) is 7.05. The Bertz CT molecular complexity index is 951. The Morgan fingerprint density at radius 2 is 2.03 bits per heavy atom. The standard InChI is InChI=1S/C24H30O9/c1-13-19(27)20(28)24(12-30-14(2)25)18(5-4-7-22(24)11-31-22)23(13)9-17(16-6-8-29-10-16)33-21(23)32-15(3)26/h6,8,10,13,17-18,20-21,28H,4-5,7,9,11-12H2,1-3H3/t13-,17+,18+,20+,21+,22+,23-,24+/m0/s1. The molecule has 4 fully saturated rings. The molecule has 9 heteroatoms. The number of hydrogen-bond donors (Lipinski definition) is 1. The maximum atomic E-state index is 13.7. The first-order valence-electron chi connectivity index (χ1n) is 11.5. The van der Waals surface area contributed by atoms with E-state index in [-0.39, 0.29) is 18.3 Å². The van der Waals surface area contributed by atoms with Crippen LogP contribution in [0.2, 0.25) is 0 Å². The number of Topliss-reactive ketones (excluding diaryl/α,β-unsaturated/α-hetero) is 1. The van der Waals surface area contributed by atoms with E-state index in [0.29, 0.717) is 25.9 Å². The lowest BCUT2D eigenvalue weighted by atomic mass is 9.42. The normalized spacial score (nSPS) is 44.0. The van der Waals surface area contributed by atoms with Crippen LogP contribution in [0.25, 0.3) is 0 Å². The molecule has 33 heavy (non-hydrogen) atoms. The molecule has 0 unspecified atom stereocenters. The molecule has 180 valence electrons. The van der Waals surface area contributed by atoms with Gasteiger partial charge in [0.25, 0.3) is 0 Å². The van der Waals surface area contributed by atoms with E-state index in [9.17, 15) is 19.5 Å². The van der Waals surface area contributed by atoms with Crippen molar-refractivity contribution in [3.8, 4) is 0 Å². The Kier molecular flexibility index (Phi) is 5.23. The van der Waals surface area contributed by atoms with Gasteiger partial charge >= 0.3 is 11.9 Å². The molecule has 0 aromatic carbocycles. The molecule has 2 aliphatic carbocycles. The molecule has 1 N–H and O–H groups in total. The van der Waals surface area contributed by atoms with E-state index in [1.807, 2.05) is 0 Å². The highest BCUT2D eigenvalue weighted by atomic mass is 16.7. The van der Waals surface area contributed by atoms with Crippen molar-refractivity contribution in [3.05, 3.63) is 24.2 Å². The molecule has 2 aliphatic heterocycles. The molecule has 8 atom stereocenters. The monoisotopic (exact) mass is 462 g/mol. The van der Waals surface area contributed by atoms with Crippen LogP contribution in [0.5, 0.6) is 0 Å². The molecule has 4 aliphatic rings. The van der Waals surface area contributed by atoms with Crippen LogP contribution in [-0.4, -0.2) is 54.0 Å². The number of ketones is 1. The topological polar surface area (TPSA) is 125 Å². The molecule has 2 saturated carbocycles. The lowest BCUT2D eigenvalue weighted by Crippen LogP contribution is -2.71. The quantitative estimate of drug-likeness (QED) is 0.530. The van der Waals surface area contributed by atoms with Crippen molar-refractivity contribution >= 4 is 17.7 Å². The maximum Gasteiger partial charge on any atom is 0.304 e. The van der Waals surface area contributed by atoms with Gasteiger partial charge in [0.2, 0.25) is 6.29 Å². The minimum Gasteiger partial charge on any atom is -0.472 e. The van der Waals surface area contributed by atoms with Crippen LogP contribution < -0.4 is 0 Å². The molecular formula is C24H30O9. The van der Waals surface area contributed by atoms with Gasteiger partial charge < -0.3 is 28.5 Å². The van der Waals surface area contributed by atoms with E-state index in [1.54, 1.807) is 25.5 Å². The molecular weight excluding hydrogens is 432 g/mol. The zero-order chi connectivity index (χ0) is 23.6. The Hall–Kier alpha value is -2.23. The van der Waals surface area contributed by atoms with Gasteiger partial charge in [-0.15, -0.1) is 0 Å². The van der Waals surface area contributed by atoms with Crippen LogP contribution in [0.3, 0.4) is 0 Å². The number of hydrogen-bond acceptors (Lipinski definition) is 9. The van der Waals surface area contributed by atoms with Gasteiger partial charge in [0, 0.05) is 30.7 Å². The summed E-state index contributed by atoms with van der Waals surface area (Å²) in [5.74, 6) is -2.38. The summed E-state index contributed by atoms with van der Waals surface area (Å²) < 4.78 is 28.7. The predicted octanol–water partition coefficient (Wildman–Crippen LogP) is 2.31. The summed E-state index contributed by atoms with van der Waals surface area (Å²) in [4.78, 5) is 37.6. The maximum absolute atomic E-state index is 13.7. The fourth-order valence-corrected chi connectivity index (χ4v) is 7.05. The summed E-state index contributed by atoms with van der Waals surface area (Å²) in [7, 11) is 0. The Morgan fingerprint density at radius 3 is 2.64 bits per heavy atom. The largest absolute Gasteiger partial charge is 0.472 e. The predicted molar refractivity (Wildman–Crippen MR) is 110 cm³/mol. The van der Waals surface area contributed by atoms with Crippen LogP contribution in [0.1, 0.15) is 58.1 Å². The van der Waals surface area contributed by atoms with Gasteiger partial charge in [-0.25, -0.2) is 0 Å². The number of ether oxygens (including phenoxy) is 4. The average Bonchev–Trinajstić information content (AvgIpc) is 3.19. The van der Waals surface area contributed by atoms with Crippen molar-refractivity contribution in [2.75, 3.05) is 13.2 Å². The molecule has 1 aromatic heterocycles. The van der Waals surface area contributed by atoms with Crippen LogP contribution in [0.4, 0.5) is 0 Å². The van der Waals surface area contributed by atoms with Crippen molar-refractivity contribution in [1.82, 2.24) is 0 Å². The molecule has 3 heterocycles. The van der Waals surface area contributed by atoms with E-state index in [0.717, 1.165) is 12.0 Å². The molecule has 2 saturated heterocycles. The van der Waals surface area contributed by atoms with Gasteiger partial charge in [-0.1, -0.05) is 13.3 Å². The fraction of sp³-hybridized carbons (Fsp3) is 0.708. The SMILES string of the molecule is CC(=O)OC[C@]12[C@H](O)C(=O)[C@H](C)[C@@]3(C[C@H](c4ccoc4)O[C@H]3OC(C)=O)[C@H]1CCC[C@@]21CO1. The van der Waals surface area contributed by atoms with E-state index >= 15 is 0 Å². The zero-order valence-electron chi connectivity index (χ0n) is 19.1. The van der Waals surface area contributed by atoms with E-state index in [1.165, 1.54) is 13.8 Å². The molecule has 5 rings (SSSR count). The third kappa shape index (κ3) is 3.05. The first kappa shape index (κ1) is 22.6. The molecule has 9 nitrogen and oxygen atoms in total. The first-order chi connectivity index (χ1) is 15.7. The van der Waals surface area contributed by atoms with Crippen LogP contribution >= 0.6 is 0 Å². The molecule has 0 radical (unpaired) electrons. The number of carbonyl (C=O) groups is 3. The molecule has 1 aromatic rings. The van der Waals surface area contributed by atoms with E-state index in [4.69, 9.17) is 23.4 Å². The summed E-state index contributed by atoms with van der Waals surface area (Å²) in [5.41, 5.74) is -2.05. The van der Waals surface area contributed by atoms with Gasteiger partial charge in [-0.2, -0.15) is 0 Å². The van der Waals surface area contributed by atoms with Gasteiger partial charge in [-0.05, 0) is 31.2 Å². The third-order valence-corrected chi connectivity index (χ3v) is 8.64. The zero-order valence-corrected chi connectivity index (χ0v) is 19.1. The number of aliphatic hydroxyl groups excluding tert-OH is 1.